The molecule has 0 spiro atoms. The highest BCUT2D eigenvalue weighted by atomic mass is 19.4. The lowest BCUT2D eigenvalue weighted by atomic mass is 9.96. The molecule has 33 heavy (non-hydrogen) atoms. The summed E-state index contributed by atoms with van der Waals surface area (Å²) >= 11 is 0. The monoisotopic (exact) mass is 464 g/mol. The van der Waals surface area contributed by atoms with Crippen molar-refractivity contribution in [2.75, 3.05) is 26.2 Å². The van der Waals surface area contributed by atoms with Crippen LogP contribution in [0.1, 0.15) is 56.9 Å². The van der Waals surface area contributed by atoms with Crippen molar-refractivity contribution in [1.82, 2.24) is 30.1 Å². The highest BCUT2D eigenvalue weighted by molar-refractivity contribution is 5.55. The molecule has 3 heterocycles. The Hall–Kier alpha value is -2.79. The fourth-order valence-electron chi connectivity index (χ4n) is 3.64. The second-order valence-corrected chi connectivity index (χ2v) is 9.28. The third-order valence-electron chi connectivity index (χ3n) is 5.70. The van der Waals surface area contributed by atoms with E-state index in [1.165, 1.54) is 12.1 Å². The Morgan fingerprint density at radius 3 is 2.36 bits per heavy atom. The van der Waals surface area contributed by atoms with Crippen LogP contribution < -0.4 is 0 Å². The van der Waals surface area contributed by atoms with E-state index in [0.29, 0.717) is 24.2 Å². The van der Waals surface area contributed by atoms with Crippen LogP contribution in [-0.2, 0) is 18.1 Å². The van der Waals surface area contributed by atoms with Gasteiger partial charge in [-0.25, -0.2) is 0 Å². The standard InChI is InChI=1S/C22H27F3N6O2/c1-14(19-27-18(28-33-19)15-6-5-7-16(12-15)22(23,24)25)31-10-8-30(9-11-31)13-17-26-20(29-32-17)21(2,3)4/h5-7,12,14H,8-11,13H2,1-4H3. The van der Waals surface area contributed by atoms with Crippen molar-refractivity contribution in [2.45, 2.75) is 51.9 Å². The summed E-state index contributed by atoms with van der Waals surface area (Å²) in [5, 5.41) is 7.97. The molecule has 1 unspecified atom stereocenters. The van der Waals surface area contributed by atoms with E-state index in [-0.39, 0.29) is 22.8 Å². The van der Waals surface area contributed by atoms with Crippen LogP contribution in [0.5, 0.6) is 0 Å². The zero-order valence-corrected chi connectivity index (χ0v) is 19.1. The number of alkyl halides is 3. The zero-order valence-electron chi connectivity index (χ0n) is 19.1. The molecule has 2 aromatic heterocycles. The number of nitrogens with zero attached hydrogens (tertiary/aromatic N) is 6. The lowest BCUT2D eigenvalue weighted by molar-refractivity contribution is -0.137. The van der Waals surface area contributed by atoms with E-state index in [4.69, 9.17) is 9.05 Å². The van der Waals surface area contributed by atoms with E-state index < -0.39 is 11.7 Å². The quantitative estimate of drug-likeness (QED) is 0.552. The first-order valence-corrected chi connectivity index (χ1v) is 10.8. The predicted molar refractivity (Wildman–Crippen MR) is 113 cm³/mol. The number of benzene rings is 1. The van der Waals surface area contributed by atoms with E-state index in [0.717, 1.165) is 38.3 Å². The second kappa shape index (κ2) is 8.86. The van der Waals surface area contributed by atoms with Crippen molar-refractivity contribution in [3.8, 4) is 11.4 Å². The SMILES string of the molecule is CC(c1nc(-c2cccc(C(F)(F)F)c2)no1)N1CCN(Cc2nc(C(C)(C)C)no2)CC1. The first kappa shape index (κ1) is 23.4. The van der Waals surface area contributed by atoms with Gasteiger partial charge in [0.15, 0.2) is 5.82 Å². The van der Waals surface area contributed by atoms with Gasteiger partial charge in [0, 0.05) is 37.2 Å². The van der Waals surface area contributed by atoms with Crippen LogP contribution in [0.4, 0.5) is 13.2 Å². The van der Waals surface area contributed by atoms with E-state index in [1.54, 1.807) is 0 Å². The minimum Gasteiger partial charge on any atom is -0.338 e. The molecule has 0 aliphatic carbocycles. The van der Waals surface area contributed by atoms with Gasteiger partial charge in [0.25, 0.3) is 0 Å². The van der Waals surface area contributed by atoms with Gasteiger partial charge in [-0.05, 0) is 19.1 Å². The van der Waals surface area contributed by atoms with Gasteiger partial charge >= 0.3 is 6.18 Å². The molecule has 8 nitrogen and oxygen atoms in total. The van der Waals surface area contributed by atoms with Crippen molar-refractivity contribution in [3.05, 3.63) is 47.4 Å². The summed E-state index contributed by atoms with van der Waals surface area (Å²) in [4.78, 5) is 13.3. The van der Waals surface area contributed by atoms with E-state index >= 15 is 0 Å². The first-order valence-electron chi connectivity index (χ1n) is 10.8. The van der Waals surface area contributed by atoms with Gasteiger partial charge in [0.05, 0.1) is 18.2 Å². The maximum Gasteiger partial charge on any atom is 0.416 e. The van der Waals surface area contributed by atoms with Gasteiger partial charge in [-0.2, -0.15) is 23.1 Å². The lowest BCUT2D eigenvalue weighted by Crippen LogP contribution is -2.46. The van der Waals surface area contributed by atoms with Crippen LogP contribution in [-0.4, -0.2) is 56.3 Å². The van der Waals surface area contributed by atoms with Crippen LogP contribution in [0.15, 0.2) is 33.3 Å². The minimum absolute atomic E-state index is 0.146. The number of hydrogen-bond donors (Lipinski definition) is 0. The maximum atomic E-state index is 13.0. The number of aromatic nitrogens is 4. The molecule has 1 atom stereocenters. The average molecular weight is 464 g/mol. The fraction of sp³-hybridized carbons (Fsp3) is 0.545. The Labute approximate surface area is 189 Å². The molecule has 1 aromatic carbocycles. The van der Waals surface area contributed by atoms with Crippen LogP contribution in [0.3, 0.4) is 0 Å². The molecule has 178 valence electrons. The first-order chi connectivity index (χ1) is 15.5. The topological polar surface area (TPSA) is 84.3 Å². The summed E-state index contributed by atoms with van der Waals surface area (Å²) in [5.41, 5.74) is -0.634. The Balaban J connectivity index is 1.35. The molecule has 3 aromatic rings. The zero-order chi connectivity index (χ0) is 23.8. The highest BCUT2D eigenvalue weighted by Crippen LogP contribution is 2.32. The molecule has 0 N–H and O–H groups in total. The summed E-state index contributed by atoms with van der Waals surface area (Å²) in [7, 11) is 0. The third kappa shape index (κ3) is 5.41. The third-order valence-corrected chi connectivity index (χ3v) is 5.70. The van der Waals surface area contributed by atoms with E-state index in [2.05, 4.69) is 30.1 Å². The second-order valence-electron chi connectivity index (χ2n) is 9.28. The summed E-state index contributed by atoms with van der Waals surface area (Å²) in [5.74, 6) is 1.82. The average Bonchev–Trinajstić information content (AvgIpc) is 3.43. The Kier molecular flexibility index (Phi) is 6.28. The number of piperazine rings is 1. The molecule has 0 radical (unpaired) electrons. The summed E-state index contributed by atoms with van der Waals surface area (Å²) in [6, 6.07) is 4.77. The molecule has 0 saturated carbocycles. The van der Waals surface area contributed by atoms with Gasteiger partial charge in [0.1, 0.15) is 0 Å². The van der Waals surface area contributed by atoms with Gasteiger partial charge in [-0.1, -0.05) is 43.2 Å². The maximum absolute atomic E-state index is 13.0. The molecule has 1 fully saturated rings. The van der Waals surface area contributed by atoms with E-state index in [1.807, 2.05) is 27.7 Å². The Bertz CT molecular complexity index is 1080. The largest absolute Gasteiger partial charge is 0.416 e. The fourth-order valence-corrected chi connectivity index (χ4v) is 3.64. The molecule has 1 aliphatic heterocycles. The summed E-state index contributed by atoms with van der Waals surface area (Å²) < 4.78 is 49.8. The molecule has 1 aliphatic rings. The smallest absolute Gasteiger partial charge is 0.338 e. The predicted octanol–water partition coefficient (Wildman–Crippen LogP) is 4.31. The van der Waals surface area contributed by atoms with Gasteiger partial charge < -0.3 is 9.05 Å². The van der Waals surface area contributed by atoms with Crippen LogP contribution >= 0.6 is 0 Å². The van der Waals surface area contributed by atoms with Gasteiger partial charge in [0.2, 0.25) is 17.6 Å². The molecule has 1 saturated heterocycles. The lowest BCUT2D eigenvalue weighted by Gasteiger charge is -2.36. The summed E-state index contributed by atoms with van der Waals surface area (Å²) in [6.07, 6.45) is -4.43. The summed E-state index contributed by atoms with van der Waals surface area (Å²) in [6.45, 7) is 11.8. The van der Waals surface area contributed by atoms with Crippen molar-refractivity contribution in [1.29, 1.82) is 0 Å². The molecule has 0 bridgehead atoms. The van der Waals surface area contributed by atoms with Gasteiger partial charge in [-0.3, -0.25) is 9.80 Å². The number of halogens is 3. The number of rotatable bonds is 5. The number of hydrogen-bond acceptors (Lipinski definition) is 8. The molecule has 0 amide bonds. The molecular formula is C22H27F3N6O2. The Morgan fingerprint density at radius 1 is 1.00 bits per heavy atom. The molecule has 4 rings (SSSR count). The molecule has 11 heteroatoms. The normalized spacial score (nSPS) is 17.4. The van der Waals surface area contributed by atoms with Crippen molar-refractivity contribution in [3.63, 3.8) is 0 Å². The molecular weight excluding hydrogens is 437 g/mol. The van der Waals surface area contributed by atoms with Crippen molar-refractivity contribution >= 4 is 0 Å². The van der Waals surface area contributed by atoms with Crippen LogP contribution in [0.2, 0.25) is 0 Å². The highest BCUT2D eigenvalue weighted by Gasteiger charge is 2.31. The van der Waals surface area contributed by atoms with Crippen LogP contribution in [0.25, 0.3) is 11.4 Å². The Morgan fingerprint density at radius 2 is 1.73 bits per heavy atom. The van der Waals surface area contributed by atoms with Crippen molar-refractivity contribution < 1.29 is 22.2 Å². The van der Waals surface area contributed by atoms with E-state index in [9.17, 15) is 13.2 Å². The minimum atomic E-state index is -4.43. The van der Waals surface area contributed by atoms with Crippen LogP contribution in [0, 0.1) is 0 Å². The van der Waals surface area contributed by atoms with Gasteiger partial charge in [-0.15, -0.1) is 0 Å². The van der Waals surface area contributed by atoms with Crippen molar-refractivity contribution in [2.24, 2.45) is 0 Å².